The second kappa shape index (κ2) is 8.31. The van der Waals surface area contributed by atoms with E-state index in [9.17, 15) is 18.5 Å². The molecule has 0 bridgehead atoms. The molecule has 0 amide bonds. The summed E-state index contributed by atoms with van der Waals surface area (Å²) in [5.74, 6) is 0.725. The fraction of sp³-hybridized carbons (Fsp3) is 0.238. The Morgan fingerprint density at radius 3 is 2.68 bits per heavy atom. The molecule has 0 spiro atoms. The molecule has 10 heteroatoms. The van der Waals surface area contributed by atoms with Crippen molar-refractivity contribution in [3.8, 4) is 0 Å². The standard InChI is InChI=1S/C21H21N5O4S/c1-2-21-22-13-15-10-11-25(14-18(15)23-21)19-9-8-17(12-20(19)26(27)28)31(29,30)24-16-6-4-3-5-7-16/h3-9,12-13,24H,2,10-11,14H2,1H3. The summed E-state index contributed by atoms with van der Waals surface area (Å²) in [6.45, 7) is 2.92. The first kappa shape index (κ1) is 20.7. The average molecular weight is 439 g/mol. The van der Waals surface area contributed by atoms with Crippen LogP contribution in [0.3, 0.4) is 0 Å². The Bertz CT molecular complexity index is 1230. The van der Waals surface area contributed by atoms with Crippen molar-refractivity contribution in [1.29, 1.82) is 0 Å². The van der Waals surface area contributed by atoms with Gasteiger partial charge in [-0.25, -0.2) is 18.4 Å². The van der Waals surface area contributed by atoms with Gasteiger partial charge in [0.15, 0.2) is 0 Å². The number of aromatic nitrogens is 2. The van der Waals surface area contributed by atoms with Crippen LogP contribution in [0.5, 0.6) is 0 Å². The normalized spacial score (nSPS) is 13.5. The summed E-state index contributed by atoms with van der Waals surface area (Å²) in [6, 6.07) is 12.4. The van der Waals surface area contributed by atoms with Gasteiger partial charge < -0.3 is 4.90 Å². The lowest BCUT2D eigenvalue weighted by molar-refractivity contribution is -0.384. The van der Waals surface area contributed by atoms with Crippen molar-refractivity contribution in [3.63, 3.8) is 0 Å². The zero-order valence-corrected chi connectivity index (χ0v) is 17.7. The number of para-hydroxylation sites is 1. The predicted octanol–water partition coefficient (Wildman–Crippen LogP) is 3.31. The minimum atomic E-state index is -3.97. The number of sulfonamides is 1. The van der Waals surface area contributed by atoms with Crippen LogP contribution < -0.4 is 9.62 Å². The fourth-order valence-corrected chi connectivity index (χ4v) is 4.60. The van der Waals surface area contributed by atoms with Crippen LogP contribution in [0, 0.1) is 10.1 Å². The van der Waals surface area contributed by atoms with Gasteiger partial charge >= 0.3 is 0 Å². The molecule has 31 heavy (non-hydrogen) atoms. The van der Waals surface area contributed by atoms with Crippen LogP contribution in [0.2, 0.25) is 0 Å². The van der Waals surface area contributed by atoms with Gasteiger partial charge in [0.25, 0.3) is 15.7 Å². The lowest BCUT2D eigenvalue weighted by Gasteiger charge is -2.29. The van der Waals surface area contributed by atoms with Crippen molar-refractivity contribution in [2.75, 3.05) is 16.2 Å². The molecule has 4 rings (SSSR count). The van der Waals surface area contributed by atoms with Crippen LogP contribution in [0.1, 0.15) is 24.0 Å². The van der Waals surface area contributed by atoms with Gasteiger partial charge in [0.05, 0.1) is 22.1 Å². The third kappa shape index (κ3) is 4.33. The maximum absolute atomic E-state index is 12.7. The van der Waals surface area contributed by atoms with Gasteiger partial charge in [-0.15, -0.1) is 0 Å². The van der Waals surface area contributed by atoms with Crippen LogP contribution in [-0.4, -0.2) is 29.9 Å². The van der Waals surface area contributed by atoms with Crippen molar-refractivity contribution in [2.24, 2.45) is 0 Å². The highest BCUT2D eigenvalue weighted by Gasteiger charge is 2.27. The molecule has 0 radical (unpaired) electrons. The van der Waals surface area contributed by atoms with E-state index < -0.39 is 14.9 Å². The lowest BCUT2D eigenvalue weighted by Crippen LogP contribution is -2.32. The Morgan fingerprint density at radius 2 is 1.97 bits per heavy atom. The number of hydrogen-bond donors (Lipinski definition) is 1. The van der Waals surface area contributed by atoms with Gasteiger partial charge in [0.2, 0.25) is 0 Å². The number of nitrogens with zero attached hydrogens (tertiary/aromatic N) is 4. The Kier molecular flexibility index (Phi) is 5.55. The summed E-state index contributed by atoms with van der Waals surface area (Å²) in [5, 5.41) is 11.8. The van der Waals surface area contributed by atoms with Gasteiger partial charge in [-0.2, -0.15) is 0 Å². The van der Waals surface area contributed by atoms with Gasteiger partial charge in [0.1, 0.15) is 11.5 Å². The van der Waals surface area contributed by atoms with Crippen LogP contribution >= 0.6 is 0 Å². The van der Waals surface area contributed by atoms with Crippen LogP contribution in [0.4, 0.5) is 17.1 Å². The van der Waals surface area contributed by atoms with E-state index >= 15 is 0 Å². The summed E-state index contributed by atoms with van der Waals surface area (Å²) in [4.78, 5) is 21.8. The number of nitrogens with one attached hydrogen (secondary N) is 1. The summed E-state index contributed by atoms with van der Waals surface area (Å²) < 4.78 is 27.9. The molecule has 160 valence electrons. The average Bonchev–Trinajstić information content (AvgIpc) is 2.78. The minimum Gasteiger partial charge on any atom is -0.360 e. The molecule has 0 saturated carbocycles. The molecule has 0 atom stereocenters. The highest BCUT2D eigenvalue weighted by Crippen LogP contribution is 2.34. The fourth-order valence-electron chi connectivity index (χ4n) is 3.52. The number of nitro groups is 1. The molecule has 0 fully saturated rings. The first-order valence-corrected chi connectivity index (χ1v) is 11.3. The van der Waals surface area contributed by atoms with E-state index in [2.05, 4.69) is 14.7 Å². The largest absolute Gasteiger partial charge is 0.360 e. The number of aryl methyl sites for hydroxylation is 1. The van der Waals surface area contributed by atoms with E-state index in [-0.39, 0.29) is 10.6 Å². The third-order valence-corrected chi connectivity index (χ3v) is 6.51. The van der Waals surface area contributed by atoms with Crippen molar-refractivity contribution in [2.45, 2.75) is 31.2 Å². The van der Waals surface area contributed by atoms with Gasteiger partial charge in [0, 0.05) is 30.9 Å². The van der Waals surface area contributed by atoms with E-state index in [1.54, 1.807) is 30.3 Å². The highest BCUT2D eigenvalue weighted by molar-refractivity contribution is 7.92. The van der Waals surface area contributed by atoms with E-state index in [0.29, 0.717) is 37.3 Å². The van der Waals surface area contributed by atoms with E-state index in [1.165, 1.54) is 12.1 Å². The summed E-state index contributed by atoms with van der Waals surface area (Å²) >= 11 is 0. The van der Waals surface area contributed by atoms with E-state index in [4.69, 9.17) is 0 Å². The number of anilines is 2. The molecular weight excluding hydrogens is 418 g/mol. The monoisotopic (exact) mass is 439 g/mol. The lowest BCUT2D eigenvalue weighted by atomic mass is 10.1. The first-order chi connectivity index (χ1) is 14.9. The molecule has 1 aliphatic heterocycles. The molecule has 0 saturated heterocycles. The molecule has 9 nitrogen and oxygen atoms in total. The summed E-state index contributed by atoms with van der Waals surface area (Å²) in [7, 11) is -3.97. The van der Waals surface area contributed by atoms with E-state index in [1.807, 2.05) is 18.0 Å². The van der Waals surface area contributed by atoms with Gasteiger partial charge in [-0.3, -0.25) is 14.8 Å². The first-order valence-electron chi connectivity index (χ1n) is 9.82. The SMILES string of the molecule is CCc1ncc2c(n1)CN(c1ccc(S(=O)(=O)Nc3ccccc3)cc1[N+](=O)[O-])CC2. The minimum absolute atomic E-state index is 0.167. The molecule has 0 aliphatic carbocycles. The number of nitro benzene ring substituents is 1. The Balaban J connectivity index is 1.66. The molecule has 1 aliphatic rings. The Labute approximate surface area is 180 Å². The van der Waals surface area contributed by atoms with Crippen LogP contribution in [-0.2, 0) is 29.4 Å². The zero-order valence-electron chi connectivity index (χ0n) is 16.9. The third-order valence-electron chi connectivity index (χ3n) is 5.13. The quantitative estimate of drug-likeness (QED) is 0.462. The molecular formula is C21H21N5O4S. The molecule has 1 N–H and O–H groups in total. The molecule has 0 unspecified atom stereocenters. The molecule has 3 aromatic rings. The summed E-state index contributed by atoms with van der Waals surface area (Å²) in [6.07, 6.45) is 3.18. The smallest absolute Gasteiger partial charge is 0.293 e. The Hall–Kier alpha value is -3.53. The molecule has 2 aromatic carbocycles. The van der Waals surface area contributed by atoms with Gasteiger partial charge in [-0.1, -0.05) is 25.1 Å². The number of benzene rings is 2. The van der Waals surface area contributed by atoms with E-state index in [0.717, 1.165) is 23.1 Å². The van der Waals surface area contributed by atoms with Crippen molar-refractivity contribution in [3.05, 3.63) is 81.9 Å². The van der Waals surface area contributed by atoms with Crippen molar-refractivity contribution in [1.82, 2.24) is 9.97 Å². The molecule has 1 aromatic heterocycles. The second-order valence-electron chi connectivity index (χ2n) is 7.16. The number of rotatable bonds is 6. The Morgan fingerprint density at radius 1 is 1.19 bits per heavy atom. The topological polar surface area (TPSA) is 118 Å². The maximum atomic E-state index is 12.7. The molecule has 2 heterocycles. The van der Waals surface area contributed by atoms with Crippen molar-refractivity contribution < 1.29 is 13.3 Å². The van der Waals surface area contributed by atoms with Crippen LogP contribution in [0.15, 0.2) is 59.6 Å². The maximum Gasteiger partial charge on any atom is 0.293 e. The van der Waals surface area contributed by atoms with Crippen LogP contribution in [0.25, 0.3) is 0 Å². The highest BCUT2D eigenvalue weighted by atomic mass is 32.2. The second-order valence-corrected chi connectivity index (χ2v) is 8.84. The van der Waals surface area contributed by atoms with Gasteiger partial charge in [-0.05, 0) is 36.2 Å². The zero-order chi connectivity index (χ0) is 22.0. The number of fused-ring (bicyclic) bond motifs is 1. The van der Waals surface area contributed by atoms with Crippen molar-refractivity contribution >= 4 is 27.1 Å². The number of hydrogen-bond acceptors (Lipinski definition) is 7. The summed E-state index contributed by atoms with van der Waals surface area (Å²) in [5.41, 5.74) is 2.36. The predicted molar refractivity (Wildman–Crippen MR) is 117 cm³/mol.